The van der Waals surface area contributed by atoms with Crippen LogP contribution in [0, 0.1) is 11.8 Å². The van der Waals surface area contributed by atoms with E-state index in [0.29, 0.717) is 44.6 Å². The van der Waals surface area contributed by atoms with Crippen LogP contribution in [0.2, 0.25) is 0 Å². The lowest BCUT2D eigenvalue weighted by molar-refractivity contribution is -0.141. The summed E-state index contributed by atoms with van der Waals surface area (Å²) >= 11 is 0. The second kappa shape index (κ2) is 10.6. The summed E-state index contributed by atoms with van der Waals surface area (Å²) in [4.78, 5) is 36.5. The van der Waals surface area contributed by atoms with Crippen molar-refractivity contribution in [3.05, 3.63) is 0 Å². The third-order valence-corrected chi connectivity index (χ3v) is 5.99. The molecule has 2 aliphatic rings. The first-order valence-electron chi connectivity index (χ1n) is 10.4. The standard InChI is InChI=1S/C20H34N2O5/c1-14(19(25)26)7-5-6-10-17-18(24)21-20(27)22(17)12-11-16(23)13-15-8-3-2-4-9-15/h14-17,23H,2-13H2,1H3,(H,25,26)(H,21,24,27). The Morgan fingerprint density at radius 3 is 2.56 bits per heavy atom. The average Bonchev–Trinajstić information content (AvgIpc) is 2.90. The molecule has 0 spiro atoms. The zero-order valence-electron chi connectivity index (χ0n) is 16.4. The molecule has 1 aliphatic carbocycles. The molecule has 2 rings (SSSR count). The Morgan fingerprint density at radius 1 is 1.19 bits per heavy atom. The molecule has 0 aromatic heterocycles. The van der Waals surface area contributed by atoms with E-state index in [0.717, 1.165) is 6.42 Å². The minimum Gasteiger partial charge on any atom is -0.481 e. The molecule has 3 unspecified atom stereocenters. The quantitative estimate of drug-likeness (QED) is 0.376. The molecule has 3 N–H and O–H groups in total. The van der Waals surface area contributed by atoms with E-state index in [-0.39, 0.29) is 11.9 Å². The fourth-order valence-corrected chi connectivity index (χ4v) is 4.21. The predicted octanol–water partition coefficient (Wildman–Crippen LogP) is 2.91. The van der Waals surface area contributed by atoms with Crippen molar-refractivity contribution in [1.82, 2.24) is 10.2 Å². The van der Waals surface area contributed by atoms with E-state index in [1.807, 2.05) is 0 Å². The number of unbranched alkanes of at least 4 members (excludes halogenated alkanes) is 1. The maximum atomic E-state index is 12.1. The lowest BCUT2D eigenvalue weighted by Gasteiger charge is -2.26. The molecule has 154 valence electrons. The van der Waals surface area contributed by atoms with Gasteiger partial charge in [0.15, 0.2) is 0 Å². The minimum atomic E-state index is -0.808. The van der Waals surface area contributed by atoms with E-state index in [2.05, 4.69) is 5.32 Å². The van der Waals surface area contributed by atoms with Gasteiger partial charge in [-0.3, -0.25) is 14.9 Å². The topological polar surface area (TPSA) is 107 Å². The SMILES string of the molecule is CC(CCCCC1C(=O)NC(=O)N1CCC(O)CC1CCCCC1)C(=O)O. The number of nitrogens with one attached hydrogen (secondary N) is 1. The summed E-state index contributed by atoms with van der Waals surface area (Å²) in [6.07, 6.45) is 9.46. The third-order valence-electron chi connectivity index (χ3n) is 5.99. The number of aliphatic hydroxyl groups excluding tert-OH is 1. The van der Waals surface area contributed by atoms with Crippen LogP contribution in [0.5, 0.6) is 0 Å². The zero-order valence-corrected chi connectivity index (χ0v) is 16.4. The largest absolute Gasteiger partial charge is 0.481 e. The summed E-state index contributed by atoms with van der Waals surface area (Å²) in [5.74, 6) is -0.907. The van der Waals surface area contributed by atoms with Gasteiger partial charge in [-0.1, -0.05) is 51.9 Å². The molecule has 0 aromatic carbocycles. The van der Waals surface area contributed by atoms with Crippen LogP contribution in [0.3, 0.4) is 0 Å². The number of hydrogen-bond acceptors (Lipinski definition) is 4. The van der Waals surface area contributed by atoms with Crippen LogP contribution in [-0.2, 0) is 9.59 Å². The summed E-state index contributed by atoms with van der Waals surface area (Å²) in [5.41, 5.74) is 0. The highest BCUT2D eigenvalue weighted by Gasteiger charge is 2.37. The van der Waals surface area contributed by atoms with Crippen LogP contribution in [0.25, 0.3) is 0 Å². The number of carboxylic acid groups (broad SMARTS) is 1. The highest BCUT2D eigenvalue weighted by molar-refractivity contribution is 6.04. The maximum Gasteiger partial charge on any atom is 0.324 e. The normalized spacial score (nSPS) is 23.3. The Hall–Kier alpha value is -1.63. The number of aliphatic hydroxyl groups is 1. The fraction of sp³-hybridized carbons (Fsp3) is 0.850. The van der Waals surface area contributed by atoms with Crippen molar-refractivity contribution < 1.29 is 24.6 Å². The number of rotatable bonds is 11. The van der Waals surface area contributed by atoms with E-state index < -0.39 is 24.0 Å². The van der Waals surface area contributed by atoms with Gasteiger partial charge in [0.25, 0.3) is 5.91 Å². The Labute approximate surface area is 161 Å². The van der Waals surface area contributed by atoms with Gasteiger partial charge in [-0.15, -0.1) is 0 Å². The Balaban J connectivity index is 1.74. The number of carbonyl (C=O) groups is 3. The highest BCUT2D eigenvalue weighted by atomic mass is 16.4. The van der Waals surface area contributed by atoms with Gasteiger partial charge in [0.05, 0.1) is 12.0 Å². The number of aliphatic carboxylic acids is 1. The highest BCUT2D eigenvalue weighted by Crippen LogP contribution is 2.28. The van der Waals surface area contributed by atoms with E-state index in [1.165, 1.54) is 37.0 Å². The summed E-state index contributed by atoms with van der Waals surface area (Å²) in [6.45, 7) is 2.05. The second-order valence-corrected chi connectivity index (χ2v) is 8.21. The summed E-state index contributed by atoms with van der Waals surface area (Å²) in [5, 5.41) is 21.6. The van der Waals surface area contributed by atoms with Crippen molar-refractivity contribution in [3.8, 4) is 0 Å². The molecule has 2 fully saturated rings. The van der Waals surface area contributed by atoms with Gasteiger partial charge in [0.1, 0.15) is 6.04 Å². The van der Waals surface area contributed by atoms with Crippen LogP contribution < -0.4 is 5.32 Å². The van der Waals surface area contributed by atoms with Gasteiger partial charge in [0, 0.05) is 6.54 Å². The molecule has 0 radical (unpaired) electrons. The lowest BCUT2D eigenvalue weighted by atomic mass is 9.85. The number of nitrogens with zero attached hydrogens (tertiary/aromatic N) is 1. The third kappa shape index (κ3) is 6.79. The first kappa shape index (κ1) is 21.7. The second-order valence-electron chi connectivity index (χ2n) is 8.21. The van der Waals surface area contributed by atoms with Crippen LogP contribution in [0.1, 0.15) is 77.6 Å². The molecule has 7 nitrogen and oxygen atoms in total. The molecule has 1 saturated heterocycles. The lowest BCUT2D eigenvalue weighted by Crippen LogP contribution is -2.37. The molecule has 7 heteroatoms. The van der Waals surface area contributed by atoms with Crippen molar-refractivity contribution in [2.75, 3.05) is 6.54 Å². The van der Waals surface area contributed by atoms with E-state index in [9.17, 15) is 19.5 Å². The van der Waals surface area contributed by atoms with Gasteiger partial charge < -0.3 is 15.1 Å². The van der Waals surface area contributed by atoms with Gasteiger partial charge in [-0.05, 0) is 31.6 Å². The number of carbonyl (C=O) groups excluding carboxylic acids is 2. The van der Waals surface area contributed by atoms with E-state index in [4.69, 9.17) is 5.11 Å². The molecular formula is C20H34N2O5. The van der Waals surface area contributed by atoms with Crippen LogP contribution in [-0.4, -0.2) is 51.7 Å². The Bertz CT molecular complexity index is 519. The first-order valence-corrected chi connectivity index (χ1v) is 10.4. The minimum absolute atomic E-state index is 0.284. The Morgan fingerprint density at radius 2 is 1.89 bits per heavy atom. The summed E-state index contributed by atoms with van der Waals surface area (Å²) in [7, 11) is 0. The summed E-state index contributed by atoms with van der Waals surface area (Å²) < 4.78 is 0. The monoisotopic (exact) mass is 382 g/mol. The number of urea groups is 1. The van der Waals surface area contributed by atoms with Gasteiger partial charge >= 0.3 is 12.0 Å². The molecule has 1 aliphatic heterocycles. The van der Waals surface area contributed by atoms with Crippen molar-refractivity contribution in [3.63, 3.8) is 0 Å². The van der Waals surface area contributed by atoms with Crippen LogP contribution >= 0.6 is 0 Å². The van der Waals surface area contributed by atoms with Crippen LogP contribution in [0.4, 0.5) is 4.79 Å². The molecule has 27 heavy (non-hydrogen) atoms. The van der Waals surface area contributed by atoms with Crippen LogP contribution in [0.15, 0.2) is 0 Å². The first-order chi connectivity index (χ1) is 12.9. The van der Waals surface area contributed by atoms with E-state index >= 15 is 0 Å². The zero-order chi connectivity index (χ0) is 19.8. The van der Waals surface area contributed by atoms with Gasteiger partial charge in [0.2, 0.25) is 0 Å². The van der Waals surface area contributed by atoms with Crippen molar-refractivity contribution in [2.45, 2.75) is 89.7 Å². The molecule has 0 bridgehead atoms. The number of amides is 3. The fourth-order valence-electron chi connectivity index (χ4n) is 4.21. The number of carboxylic acids is 1. The van der Waals surface area contributed by atoms with Crippen molar-refractivity contribution in [1.29, 1.82) is 0 Å². The molecule has 3 amide bonds. The molecule has 3 atom stereocenters. The molecule has 0 aromatic rings. The Kier molecular flexibility index (Phi) is 8.54. The predicted molar refractivity (Wildman–Crippen MR) is 101 cm³/mol. The number of imide groups is 1. The van der Waals surface area contributed by atoms with E-state index in [1.54, 1.807) is 6.92 Å². The maximum absolute atomic E-state index is 12.1. The molecular weight excluding hydrogens is 348 g/mol. The van der Waals surface area contributed by atoms with Crippen molar-refractivity contribution >= 4 is 17.9 Å². The smallest absolute Gasteiger partial charge is 0.324 e. The average molecular weight is 383 g/mol. The number of hydrogen-bond donors (Lipinski definition) is 3. The summed E-state index contributed by atoms with van der Waals surface area (Å²) in [6, 6.07) is -0.881. The van der Waals surface area contributed by atoms with Crippen molar-refractivity contribution in [2.24, 2.45) is 11.8 Å². The van der Waals surface area contributed by atoms with Gasteiger partial charge in [-0.25, -0.2) is 4.79 Å². The van der Waals surface area contributed by atoms with Gasteiger partial charge in [-0.2, -0.15) is 0 Å². The molecule has 1 heterocycles. The molecule has 1 saturated carbocycles.